The Bertz CT molecular complexity index is 287. The molecule has 0 spiro atoms. The lowest BCUT2D eigenvalue weighted by Crippen LogP contribution is -1.87. The second-order valence-electron chi connectivity index (χ2n) is 4.19. The summed E-state index contributed by atoms with van der Waals surface area (Å²) in [5.74, 6) is 0. The van der Waals surface area contributed by atoms with Gasteiger partial charge in [-0.3, -0.25) is 0 Å². The molecule has 1 rings (SSSR count). The Morgan fingerprint density at radius 2 is 1.56 bits per heavy atom. The normalized spacial score (nSPS) is 10.3. The Labute approximate surface area is 98.8 Å². The molecule has 0 aliphatic heterocycles. The van der Waals surface area contributed by atoms with Crippen molar-refractivity contribution >= 4 is 6.08 Å². The molecule has 0 aromatic heterocycles. The average molecular weight is 218 g/mol. The standard InChI is InChI=1S/C15H22O/c1-2-14-9-11-15(12-10-14)8-6-4-3-5-7-13-16/h2,9-12,16H,1,3-8,13H2. The van der Waals surface area contributed by atoms with Gasteiger partial charge in [-0.15, -0.1) is 0 Å². The highest BCUT2D eigenvalue weighted by molar-refractivity contribution is 5.47. The molecule has 0 aliphatic carbocycles. The number of hydrogen-bond acceptors (Lipinski definition) is 1. The van der Waals surface area contributed by atoms with Gasteiger partial charge in [-0.25, -0.2) is 0 Å². The zero-order valence-corrected chi connectivity index (χ0v) is 9.99. The fourth-order valence-electron chi connectivity index (χ4n) is 1.79. The fraction of sp³-hybridized carbons (Fsp3) is 0.467. The van der Waals surface area contributed by atoms with Gasteiger partial charge >= 0.3 is 0 Å². The molecule has 0 fully saturated rings. The third kappa shape index (κ3) is 5.13. The smallest absolute Gasteiger partial charge is 0.0431 e. The summed E-state index contributed by atoms with van der Waals surface area (Å²) < 4.78 is 0. The lowest BCUT2D eigenvalue weighted by atomic mass is 10.0. The SMILES string of the molecule is C=Cc1ccc(CCCCCCCO)cc1. The number of rotatable bonds is 8. The van der Waals surface area contributed by atoms with Gasteiger partial charge in [0.1, 0.15) is 0 Å². The summed E-state index contributed by atoms with van der Waals surface area (Å²) in [5.41, 5.74) is 2.60. The maximum Gasteiger partial charge on any atom is 0.0431 e. The molecule has 0 radical (unpaired) electrons. The number of unbranched alkanes of at least 4 members (excludes halogenated alkanes) is 4. The average Bonchev–Trinajstić information content (AvgIpc) is 2.34. The Morgan fingerprint density at radius 1 is 0.938 bits per heavy atom. The number of hydrogen-bond donors (Lipinski definition) is 1. The molecule has 1 aromatic rings. The van der Waals surface area contributed by atoms with Crippen molar-refractivity contribution in [3.05, 3.63) is 42.0 Å². The van der Waals surface area contributed by atoms with Crippen molar-refractivity contribution in [1.82, 2.24) is 0 Å². The summed E-state index contributed by atoms with van der Waals surface area (Å²) in [6.07, 6.45) is 8.91. The highest BCUT2D eigenvalue weighted by Crippen LogP contribution is 2.10. The zero-order valence-electron chi connectivity index (χ0n) is 9.99. The van der Waals surface area contributed by atoms with E-state index in [9.17, 15) is 0 Å². The van der Waals surface area contributed by atoms with Crippen LogP contribution in [-0.2, 0) is 6.42 Å². The van der Waals surface area contributed by atoms with E-state index >= 15 is 0 Å². The molecule has 88 valence electrons. The number of aliphatic hydroxyl groups excluding tert-OH is 1. The maximum absolute atomic E-state index is 8.64. The first-order valence-corrected chi connectivity index (χ1v) is 6.19. The second kappa shape index (κ2) is 8.12. The van der Waals surface area contributed by atoms with Crippen LogP contribution in [0.4, 0.5) is 0 Å². The first kappa shape index (κ1) is 13.0. The summed E-state index contributed by atoms with van der Waals surface area (Å²) in [6.45, 7) is 4.08. The number of benzene rings is 1. The van der Waals surface area contributed by atoms with Crippen LogP contribution in [-0.4, -0.2) is 11.7 Å². The van der Waals surface area contributed by atoms with Gasteiger partial charge in [0.2, 0.25) is 0 Å². The maximum atomic E-state index is 8.64. The van der Waals surface area contributed by atoms with Gasteiger partial charge in [0.05, 0.1) is 0 Å². The minimum atomic E-state index is 0.336. The first-order valence-electron chi connectivity index (χ1n) is 6.19. The summed E-state index contributed by atoms with van der Waals surface area (Å²) in [7, 11) is 0. The minimum Gasteiger partial charge on any atom is -0.396 e. The van der Waals surface area contributed by atoms with Crippen LogP contribution in [0.2, 0.25) is 0 Å². The van der Waals surface area contributed by atoms with Crippen molar-refractivity contribution < 1.29 is 5.11 Å². The molecule has 0 amide bonds. The molecule has 0 bridgehead atoms. The summed E-state index contributed by atoms with van der Waals surface area (Å²) in [6, 6.07) is 8.61. The van der Waals surface area contributed by atoms with E-state index < -0.39 is 0 Å². The Balaban J connectivity index is 2.14. The third-order valence-corrected chi connectivity index (χ3v) is 2.84. The zero-order chi connectivity index (χ0) is 11.6. The van der Waals surface area contributed by atoms with Crippen LogP contribution in [0.1, 0.15) is 43.2 Å². The van der Waals surface area contributed by atoms with Gasteiger partial charge in [0.25, 0.3) is 0 Å². The topological polar surface area (TPSA) is 20.2 Å². The monoisotopic (exact) mass is 218 g/mol. The highest BCUT2D eigenvalue weighted by atomic mass is 16.2. The lowest BCUT2D eigenvalue weighted by Gasteiger charge is -2.02. The molecule has 0 aliphatic rings. The molecular weight excluding hydrogens is 196 g/mol. The van der Waals surface area contributed by atoms with Gasteiger partial charge in [0, 0.05) is 6.61 Å². The Morgan fingerprint density at radius 3 is 2.19 bits per heavy atom. The first-order chi connectivity index (χ1) is 7.86. The second-order valence-corrected chi connectivity index (χ2v) is 4.19. The minimum absolute atomic E-state index is 0.336. The summed E-state index contributed by atoms with van der Waals surface area (Å²) >= 11 is 0. The molecular formula is C15H22O. The van der Waals surface area contributed by atoms with E-state index in [1.54, 1.807) is 0 Å². The van der Waals surface area contributed by atoms with Crippen LogP contribution in [0.3, 0.4) is 0 Å². The van der Waals surface area contributed by atoms with E-state index in [4.69, 9.17) is 5.11 Å². The Kier molecular flexibility index (Phi) is 6.59. The van der Waals surface area contributed by atoms with Gasteiger partial charge in [0.15, 0.2) is 0 Å². The summed E-state index contributed by atoms with van der Waals surface area (Å²) in [5, 5.41) is 8.64. The van der Waals surface area contributed by atoms with E-state index in [1.165, 1.54) is 30.4 Å². The van der Waals surface area contributed by atoms with E-state index in [0.717, 1.165) is 19.3 Å². The van der Waals surface area contributed by atoms with Crippen LogP contribution < -0.4 is 0 Å². The van der Waals surface area contributed by atoms with E-state index in [2.05, 4.69) is 30.8 Å². The van der Waals surface area contributed by atoms with E-state index in [1.807, 2.05) is 6.08 Å². The fourth-order valence-corrected chi connectivity index (χ4v) is 1.79. The van der Waals surface area contributed by atoms with Crippen LogP contribution >= 0.6 is 0 Å². The van der Waals surface area contributed by atoms with Crippen molar-refractivity contribution in [2.75, 3.05) is 6.61 Å². The number of aryl methyl sites for hydroxylation is 1. The molecule has 0 saturated heterocycles. The van der Waals surface area contributed by atoms with Crippen molar-refractivity contribution in [1.29, 1.82) is 0 Å². The van der Waals surface area contributed by atoms with Crippen molar-refractivity contribution in [2.45, 2.75) is 38.5 Å². The van der Waals surface area contributed by atoms with Crippen LogP contribution in [0.5, 0.6) is 0 Å². The molecule has 0 heterocycles. The largest absolute Gasteiger partial charge is 0.396 e. The molecule has 16 heavy (non-hydrogen) atoms. The van der Waals surface area contributed by atoms with Gasteiger partial charge in [-0.05, 0) is 30.4 Å². The molecule has 0 saturated carbocycles. The van der Waals surface area contributed by atoms with Crippen molar-refractivity contribution in [3.8, 4) is 0 Å². The van der Waals surface area contributed by atoms with Crippen molar-refractivity contribution in [3.63, 3.8) is 0 Å². The van der Waals surface area contributed by atoms with Gasteiger partial charge in [-0.1, -0.05) is 56.2 Å². The Hall–Kier alpha value is -1.08. The predicted octanol–water partition coefficient (Wildman–Crippen LogP) is 3.81. The predicted molar refractivity (Wildman–Crippen MR) is 70.4 cm³/mol. The van der Waals surface area contributed by atoms with Gasteiger partial charge in [-0.2, -0.15) is 0 Å². The van der Waals surface area contributed by atoms with E-state index in [-0.39, 0.29) is 0 Å². The lowest BCUT2D eigenvalue weighted by molar-refractivity contribution is 0.282. The van der Waals surface area contributed by atoms with Crippen LogP contribution in [0.15, 0.2) is 30.8 Å². The molecule has 1 aromatic carbocycles. The van der Waals surface area contributed by atoms with Crippen LogP contribution in [0.25, 0.3) is 6.08 Å². The highest BCUT2D eigenvalue weighted by Gasteiger charge is 1.94. The number of aliphatic hydroxyl groups is 1. The third-order valence-electron chi connectivity index (χ3n) is 2.84. The molecule has 1 heteroatoms. The molecule has 0 unspecified atom stereocenters. The van der Waals surface area contributed by atoms with Gasteiger partial charge < -0.3 is 5.11 Å². The quantitative estimate of drug-likeness (QED) is 0.658. The van der Waals surface area contributed by atoms with Crippen molar-refractivity contribution in [2.24, 2.45) is 0 Å². The molecule has 0 atom stereocenters. The molecule has 1 N–H and O–H groups in total. The summed E-state index contributed by atoms with van der Waals surface area (Å²) in [4.78, 5) is 0. The van der Waals surface area contributed by atoms with Crippen LogP contribution in [0, 0.1) is 0 Å². The molecule has 1 nitrogen and oxygen atoms in total. The van der Waals surface area contributed by atoms with E-state index in [0.29, 0.717) is 6.61 Å².